The zero-order chi connectivity index (χ0) is 13.2. The van der Waals surface area contributed by atoms with Gasteiger partial charge in [0.1, 0.15) is 0 Å². The van der Waals surface area contributed by atoms with Gasteiger partial charge in [-0.25, -0.2) is 4.68 Å². The van der Waals surface area contributed by atoms with Gasteiger partial charge in [0.05, 0.1) is 11.9 Å². The summed E-state index contributed by atoms with van der Waals surface area (Å²) in [5, 5.41) is 8.86. The summed E-state index contributed by atoms with van der Waals surface area (Å²) >= 11 is 5.94. The van der Waals surface area contributed by atoms with E-state index in [-0.39, 0.29) is 0 Å². The molecule has 19 heavy (non-hydrogen) atoms. The normalized spacial score (nSPS) is 18.3. The van der Waals surface area contributed by atoms with Crippen LogP contribution in [0.3, 0.4) is 0 Å². The number of hydrogen-bond donors (Lipinski definition) is 1. The molecule has 1 unspecified atom stereocenters. The molecule has 100 valence electrons. The van der Waals surface area contributed by atoms with Gasteiger partial charge in [0, 0.05) is 22.3 Å². The summed E-state index contributed by atoms with van der Waals surface area (Å²) in [5.41, 5.74) is 3.77. The van der Waals surface area contributed by atoms with Gasteiger partial charge in [-0.15, -0.1) is 0 Å². The van der Waals surface area contributed by atoms with Crippen LogP contribution in [0.25, 0.3) is 5.69 Å². The maximum Gasteiger partial charge on any atom is 0.0649 e. The van der Waals surface area contributed by atoms with Crippen LogP contribution >= 0.6 is 11.6 Å². The van der Waals surface area contributed by atoms with E-state index < -0.39 is 0 Å². The molecule has 1 aliphatic rings. The summed E-state index contributed by atoms with van der Waals surface area (Å²) in [6.07, 6.45) is 5.52. The van der Waals surface area contributed by atoms with Gasteiger partial charge >= 0.3 is 0 Å². The zero-order valence-corrected chi connectivity index (χ0v) is 11.8. The average Bonchev–Trinajstić information content (AvgIpc) is 2.85. The van der Waals surface area contributed by atoms with E-state index in [0.717, 1.165) is 23.7 Å². The van der Waals surface area contributed by atoms with Crippen LogP contribution in [-0.2, 0) is 6.42 Å². The van der Waals surface area contributed by atoms with Gasteiger partial charge in [-0.1, -0.05) is 18.5 Å². The topological polar surface area (TPSA) is 29.9 Å². The Bertz CT molecular complexity index is 559. The monoisotopic (exact) mass is 275 g/mol. The molecule has 0 amide bonds. The van der Waals surface area contributed by atoms with E-state index in [0.29, 0.717) is 6.04 Å². The van der Waals surface area contributed by atoms with Crippen LogP contribution in [-0.4, -0.2) is 16.3 Å². The lowest BCUT2D eigenvalue weighted by Crippen LogP contribution is -2.24. The summed E-state index contributed by atoms with van der Waals surface area (Å²) in [6.45, 7) is 3.15. The van der Waals surface area contributed by atoms with Crippen molar-refractivity contribution in [3.8, 4) is 5.69 Å². The number of fused-ring (bicyclic) bond motifs is 1. The molecule has 0 aliphatic heterocycles. The fraction of sp³-hybridized carbons (Fsp3) is 0.400. The van der Waals surface area contributed by atoms with Gasteiger partial charge in [-0.2, -0.15) is 5.10 Å². The smallest absolute Gasteiger partial charge is 0.0649 e. The largest absolute Gasteiger partial charge is 0.310 e. The lowest BCUT2D eigenvalue weighted by atomic mass is 9.93. The lowest BCUT2D eigenvalue weighted by Gasteiger charge is -2.23. The van der Waals surface area contributed by atoms with Crippen LogP contribution in [0.5, 0.6) is 0 Å². The number of benzene rings is 1. The van der Waals surface area contributed by atoms with Crippen LogP contribution in [0, 0.1) is 0 Å². The molecule has 0 radical (unpaired) electrons. The van der Waals surface area contributed by atoms with Crippen molar-refractivity contribution in [2.75, 3.05) is 6.54 Å². The molecular formula is C15H18ClN3. The second-order valence-corrected chi connectivity index (χ2v) is 5.37. The van der Waals surface area contributed by atoms with E-state index in [1.807, 2.05) is 30.5 Å². The Labute approximate surface area is 118 Å². The van der Waals surface area contributed by atoms with E-state index in [2.05, 4.69) is 22.0 Å². The Morgan fingerprint density at radius 2 is 2.16 bits per heavy atom. The molecule has 4 heteroatoms. The molecule has 1 aromatic carbocycles. The highest BCUT2D eigenvalue weighted by Gasteiger charge is 2.23. The first-order valence-corrected chi connectivity index (χ1v) is 7.23. The van der Waals surface area contributed by atoms with Crippen molar-refractivity contribution in [1.29, 1.82) is 0 Å². The second-order valence-electron chi connectivity index (χ2n) is 4.94. The van der Waals surface area contributed by atoms with Crippen LogP contribution in [0.4, 0.5) is 0 Å². The number of aromatic nitrogens is 2. The molecule has 2 aromatic rings. The maximum absolute atomic E-state index is 5.94. The standard InChI is InChI=1S/C15H18ClN3/c1-2-17-14-4-3-5-15-13(14)10-18-19(15)12-8-6-11(16)7-9-12/h6-10,14,17H,2-5H2,1H3. The highest BCUT2D eigenvalue weighted by atomic mass is 35.5. The molecule has 3 rings (SSSR count). The van der Waals surface area contributed by atoms with Gasteiger partial charge in [0.15, 0.2) is 0 Å². The molecular weight excluding hydrogens is 258 g/mol. The second kappa shape index (κ2) is 5.35. The third-order valence-corrected chi connectivity index (χ3v) is 3.96. The molecule has 1 aliphatic carbocycles. The van der Waals surface area contributed by atoms with E-state index in [9.17, 15) is 0 Å². The van der Waals surface area contributed by atoms with Crippen LogP contribution in [0.1, 0.15) is 37.1 Å². The van der Waals surface area contributed by atoms with Crippen molar-refractivity contribution in [3.05, 3.63) is 46.7 Å². The maximum atomic E-state index is 5.94. The summed E-state index contributed by atoms with van der Waals surface area (Å²) < 4.78 is 2.05. The van der Waals surface area contributed by atoms with E-state index in [1.54, 1.807) is 0 Å². The van der Waals surface area contributed by atoms with Gasteiger partial charge in [0.25, 0.3) is 0 Å². The molecule has 1 heterocycles. The van der Waals surface area contributed by atoms with Crippen molar-refractivity contribution < 1.29 is 0 Å². The minimum absolute atomic E-state index is 0.454. The van der Waals surface area contributed by atoms with Crippen LogP contribution < -0.4 is 5.32 Å². The minimum atomic E-state index is 0.454. The molecule has 1 atom stereocenters. The Hall–Kier alpha value is -1.32. The summed E-state index contributed by atoms with van der Waals surface area (Å²) in [5.74, 6) is 0. The van der Waals surface area contributed by atoms with E-state index in [1.165, 1.54) is 24.1 Å². The summed E-state index contributed by atoms with van der Waals surface area (Å²) in [6, 6.07) is 8.32. The van der Waals surface area contributed by atoms with Crippen LogP contribution in [0.15, 0.2) is 30.5 Å². The van der Waals surface area contributed by atoms with Crippen molar-refractivity contribution in [2.45, 2.75) is 32.2 Å². The number of rotatable bonds is 3. The number of halogens is 1. The first kappa shape index (κ1) is 12.7. The minimum Gasteiger partial charge on any atom is -0.310 e. The van der Waals surface area contributed by atoms with Crippen LogP contribution in [0.2, 0.25) is 5.02 Å². The highest BCUT2D eigenvalue weighted by molar-refractivity contribution is 6.30. The fourth-order valence-electron chi connectivity index (χ4n) is 2.82. The first-order chi connectivity index (χ1) is 9.29. The zero-order valence-electron chi connectivity index (χ0n) is 11.1. The predicted molar refractivity (Wildman–Crippen MR) is 77.9 cm³/mol. The molecule has 0 spiro atoms. The Morgan fingerprint density at radius 1 is 1.37 bits per heavy atom. The molecule has 3 nitrogen and oxygen atoms in total. The van der Waals surface area contributed by atoms with Crippen molar-refractivity contribution in [3.63, 3.8) is 0 Å². The molecule has 1 N–H and O–H groups in total. The summed E-state index contributed by atoms with van der Waals surface area (Å²) in [4.78, 5) is 0. The van der Waals surface area contributed by atoms with Crippen molar-refractivity contribution >= 4 is 11.6 Å². The van der Waals surface area contributed by atoms with E-state index >= 15 is 0 Å². The van der Waals surface area contributed by atoms with Gasteiger partial charge in [-0.05, 0) is 50.1 Å². The first-order valence-electron chi connectivity index (χ1n) is 6.85. The Morgan fingerprint density at radius 3 is 2.89 bits per heavy atom. The fourth-order valence-corrected chi connectivity index (χ4v) is 2.95. The lowest BCUT2D eigenvalue weighted by molar-refractivity contribution is 0.467. The number of hydrogen-bond acceptors (Lipinski definition) is 2. The third kappa shape index (κ3) is 2.40. The SMILES string of the molecule is CCNC1CCCc2c1cnn2-c1ccc(Cl)cc1. The molecule has 0 fully saturated rings. The molecule has 0 bridgehead atoms. The number of nitrogens with zero attached hydrogens (tertiary/aromatic N) is 2. The molecule has 0 saturated heterocycles. The Kier molecular flexibility index (Phi) is 3.58. The molecule has 0 saturated carbocycles. The number of nitrogens with one attached hydrogen (secondary N) is 1. The Balaban J connectivity index is 1.98. The average molecular weight is 276 g/mol. The molecule has 1 aromatic heterocycles. The van der Waals surface area contributed by atoms with Gasteiger partial charge in [-0.3, -0.25) is 0 Å². The quantitative estimate of drug-likeness (QED) is 0.929. The summed E-state index contributed by atoms with van der Waals surface area (Å²) in [7, 11) is 0. The highest BCUT2D eigenvalue weighted by Crippen LogP contribution is 2.31. The van der Waals surface area contributed by atoms with Crippen molar-refractivity contribution in [2.24, 2.45) is 0 Å². The van der Waals surface area contributed by atoms with E-state index in [4.69, 9.17) is 11.6 Å². The van der Waals surface area contributed by atoms with Gasteiger partial charge in [0.2, 0.25) is 0 Å². The van der Waals surface area contributed by atoms with Gasteiger partial charge < -0.3 is 5.32 Å². The third-order valence-electron chi connectivity index (χ3n) is 3.70. The van der Waals surface area contributed by atoms with Crippen molar-refractivity contribution in [1.82, 2.24) is 15.1 Å². The predicted octanol–water partition coefficient (Wildman–Crippen LogP) is 3.51.